The van der Waals surface area contributed by atoms with E-state index in [0.29, 0.717) is 22.8 Å². The Balaban J connectivity index is 2.06. The first-order valence-electron chi connectivity index (χ1n) is 5.51. The minimum absolute atomic E-state index is 0.174. The summed E-state index contributed by atoms with van der Waals surface area (Å²) in [6.07, 6.45) is 3.24. The summed E-state index contributed by atoms with van der Waals surface area (Å²) in [5.41, 5.74) is 7.22. The first-order chi connectivity index (χ1) is 9.15. The van der Waals surface area contributed by atoms with Crippen molar-refractivity contribution in [2.24, 2.45) is 7.05 Å². The third-order valence-electron chi connectivity index (χ3n) is 2.72. The van der Waals surface area contributed by atoms with Gasteiger partial charge in [-0.3, -0.25) is 0 Å². The van der Waals surface area contributed by atoms with Gasteiger partial charge in [0.1, 0.15) is 11.5 Å². The zero-order chi connectivity index (χ0) is 13.4. The molecular weight excluding hydrogens is 249 g/mol. The molecule has 2 N–H and O–H groups in total. The summed E-state index contributed by atoms with van der Waals surface area (Å²) in [5, 5.41) is 3.84. The van der Waals surface area contributed by atoms with Gasteiger partial charge in [0, 0.05) is 12.7 Å². The van der Waals surface area contributed by atoms with Crippen LogP contribution in [0.25, 0.3) is 23.0 Å². The molecule has 96 valence electrons. The number of aryl methyl sites for hydroxylation is 1. The lowest BCUT2D eigenvalue weighted by atomic mass is 10.2. The van der Waals surface area contributed by atoms with Crippen LogP contribution in [0.3, 0.4) is 0 Å². The van der Waals surface area contributed by atoms with E-state index in [-0.39, 0.29) is 5.89 Å². The van der Waals surface area contributed by atoms with Gasteiger partial charge in [0.15, 0.2) is 0 Å². The predicted molar refractivity (Wildman–Crippen MR) is 66.3 cm³/mol. The molecule has 0 unspecified atom stereocenters. The lowest BCUT2D eigenvalue weighted by molar-refractivity contribution is 0.431. The summed E-state index contributed by atoms with van der Waals surface area (Å²) >= 11 is 0. The maximum Gasteiger partial charge on any atom is 0.260 e. The molecule has 7 heteroatoms. The van der Waals surface area contributed by atoms with Gasteiger partial charge in [-0.05, 0) is 18.2 Å². The fraction of sp³-hybridized carbons (Fsp3) is 0.0833. The standard InChI is InChI=1S/C12H10FN5O/c1-18-6-15-5-10(18)11-16-12(19-17-11)8-4-7(13)2-3-9(8)14/h2-6H,14H2,1H3. The number of nitrogens with zero attached hydrogens (tertiary/aromatic N) is 4. The van der Waals surface area contributed by atoms with Gasteiger partial charge in [-0.15, -0.1) is 0 Å². The minimum Gasteiger partial charge on any atom is -0.398 e. The SMILES string of the molecule is Cn1cncc1-c1noc(-c2cc(F)ccc2N)n1. The van der Waals surface area contributed by atoms with E-state index in [2.05, 4.69) is 15.1 Å². The van der Waals surface area contributed by atoms with Crippen molar-refractivity contribution in [2.75, 3.05) is 5.73 Å². The fourth-order valence-electron chi connectivity index (χ4n) is 1.72. The minimum atomic E-state index is -0.413. The Kier molecular flexibility index (Phi) is 2.52. The van der Waals surface area contributed by atoms with Crippen molar-refractivity contribution < 1.29 is 8.91 Å². The Labute approximate surface area is 107 Å². The van der Waals surface area contributed by atoms with Gasteiger partial charge < -0.3 is 14.8 Å². The highest BCUT2D eigenvalue weighted by atomic mass is 19.1. The summed E-state index contributed by atoms with van der Waals surface area (Å²) in [6, 6.07) is 3.99. The number of hydrogen-bond acceptors (Lipinski definition) is 5. The van der Waals surface area contributed by atoms with E-state index in [1.807, 2.05) is 7.05 Å². The second-order valence-corrected chi connectivity index (χ2v) is 4.04. The van der Waals surface area contributed by atoms with Crippen LogP contribution in [-0.4, -0.2) is 19.7 Å². The molecule has 1 aromatic carbocycles. The molecular formula is C12H10FN5O. The molecule has 0 atom stereocenters. The number of halogens is 1. The number of hydrogen-bond donors (Lipinski definition) is 1. The quantitative estimate of drug-likeness (QED) is 0.710. The van der Waals surface area contributed by atoms with E-state index in [1.165, 1.54) is 18.2 Å². The van der Waals surface area contributed by atoms with Crippen LogP contribution < -0.4 is 5.73 Å². The Bertz CT molecular complexity index is 733. The summed E-state index contributed by atoms with van der Waals surface area (Å²) < 4.78 is 20.1. The van der Waals surface area contributed by atoms with Gasteiger partial charge in [0.2, 0.25) is 5.82 Å². The highest BCUT2D eigenvalue weighted by Crippen LogP contribution is 2.27. The van der Waals surface area contributed by atoms with E-state index < -0.39 is 5.82 Å². The first-order valence-corrected chi connectivity index (χ1v) is 5.51. The van der Waals surface area contributed by atoms with E-state index in [0.717, 1.165) is 0 Å². The highest BCUT2D eigenvalue weighted by Gasteiger charge is 2.15. The zero-order valence-electron chi connectivity index (χ0n) is 10.0. The Morgan fingerprint density at radius 2 is 2.21 bits per heavy atom. The van der Waals surface area contributed by atoms with Crippen molar-refractivity contribution >= 4 is 5.69 Å². The van der Waals surface area contributed by atoms with Crippen molar-refractivity contribution in [3.8, 4) is 23.0 Å². The second-order valence-electron chi connectivity index (χ2n) is 4.04. The van der Waals surface area contributed by atoms with E-state index >= 15 is 0 Å². The average molecular weight is 259 g/mol. The van der Waals surface area contributed by atoms with E-state index in [4.69, 9.17) is 10.3 Å². The van der Waals surface area contributed by atoms with Crippen LogP contribution in [0, 0.1) is 5.82 Å². The maximum absolute atomic E-state index is 13.2. The predicted octanol–water partition coefficient (Wildman–Crippen LogP) is 1.86. The normalized spacial score (nSPS) is 10.8. The van der Waals surface area contributed by atoms with Crippen LogP contribution in [-0.2, 0) is 7.05 Å². The molecule has 6 nitrogen and oxygen atoms in total. The third-order valence-corrected chi connectivity index (χ3v) is 2.72. The molecule has 0 bridgehead atoms. The summed E-state index contributed by atoms with van der Waals surface area (Å²) in [6.45, 7) is 0. The Morgan fingerprint density at radius 3 is 2.95 bits per heavy atom. The van der Waals surface area contributed by atoms with Crippen molar-refractivity contribution in [3.63, 3.8) is 0 Å². The molecule has 0 saturated carbocycles. The molecule has 2 heterocycles. The maximum atomic E-state index is 13.2. The van der Waals surface area contributed by atoms with Gasteiger partial charge >= 0.3 is 0 Å². The second kappa shape index (κ2) is 4.20. The molecule has 3 aromatic rings. The zero-order valence-corrected chi connectivity index (χ0v) is 10.0. The fourth-order valence-corrected chi connectivity index (χ4v) is 1.72. The van der Waals surface area contributed by atoms with Crippen molar-refractivity contribution in [1.29, 1.82) is 0 Å². The van der Waals surface area contributed by atoms with Crippen LogP contribution in [0.4, 0.5) is 10.1 Å². The largest absolute Gasteiger partial charge is 0.398 e. The third kappa shape index (κ3) is 1.95. The number of imidazole rings is 1. The molecule has 0 spiro atoms. The van der Waals surface area contributed by atoms with Crippen molar-refractivity contribution in [1.82, 2.24) is 19.7 Å². The molecule has 3 rings (SSSR count). The molecule has 19 heavy (non-hydrogen) atoms. The molecule has 2 aromatic heterocycles. The summed E-state index contributed by atoms with van der Waals surface area (Å²) in [7, 11) is 1.81. The van der Waals surface area contributed by atoms with Gasteiger partial charge in [-0.2, -0.15) is 4.98 Å². The van der Waals surface area contributed by atoms with Gasteiger partial charge in [-0.1, -0.05) is 5.16 Å². The van der Waals surface area contributed by atoms with Crippen molar-refractivity contribution in [3.05, 3.63) is 36.5 Å². The lowest BCUT2D eigenvalue weighted by Crippen LogP contribution is -1.92. The Morgan fingerprint density at radius 1 is 1.37 bits per heavy atom. The van der Waals surface area contributed by atoms with Crippen LogP contribution in [0.2, 0.25) is 0 Å². The van der Waals surface area contributed by atoms with Crippen LogP contribution in [0.1, 0.15) is 0 Å². The molecule has 0 aliphatic heterocycles. The molecule has 0 fully saturated rings. The number of nitrogens with two attached hydrogens (primary N) is 1. The number of rotatable bonds is 2. The highest BCUT2D eigenvalue weighted by molar-refractivity contribution is 5.71. The van der Waals surface area contributed by atoms with Gasteiger partial charge in [0.25, 0.3) is 5.89 Å². The van der Waals surface area contributed by atoms with Crippen LogP contribution in [0.15, 0.2) is 35.2 Å². The topological polar surface area (TPSA) is 82.8 Å². The lowest BCUT2D eigenvalue weighted by Gasteiger charge is -1.99. The average Bonchev–Trinajstić information content (AvgIpc) is 3.00. The molecule has 0 aliphatic rings. The molecule has 0 saturated heterocycles. The van der Waals surface area contributed by atoms with Crippen molar-refractivity contribution in [2.45, 2.75) is 0 Å². The van der Waals surface area contributed by atoms with E-state index in [1.54, 1.807) is 17.1 Å². The van der Waals surface area contributed by atoms with E-state index in [9.17, 15) is 4.39 Å². The number of anilines is 1. The summed E-state index contributed by atoms with van der Waals surface area (Å²) in [4.78, 5) is 8.17. The molecule has 0 radical (unpaired) electrons. The summed E-state index contributed by atoms with van der Waals surface area (Å²) in [5.74, 6) is 0.136. The smallest absolute Gasteiger partial charge is 0.260 e. The monoisotopic (exact) mass is 259 g/mol. The number of benzene rings is 1. The van der Waals surface area contributed by atoms with Crippen LogP contribution >= 0.6 is 0 Å². The number of nitrogen functional groups attached to an aromatic ring is 1. The number of aromatic nitrogens is 4. The van der Waals surface area contributed by atoms with Gasteiger partial charge in [0.05, 0.1) is 18.1 Å². The first kappa shape index (κ1) is 11.4. The Hall–Kier alpha value is -2.70. The van der Waals surface area contributed by atoms with Crippen LogP contribution in [0.5, 0.6) is 0 Å². The van der Waals surface area contributed by atoms with Gasteiger partial charge in [-0.25, -0.2) is 9.37 Å². The molecule has 0 aliphatic carbocycles. The molecule has 0 amide bonds.